The molecule has 2 aromatic carbocycles. The van der Waals surface area contributed by atoms with Gasteiger partial charge < -0.3 is 10.2 Å². The maximum Gasteiger partial charge on any atom is 0.129 e. The standard InChI is InChI=1S/C17H18F2O2/c1-12-5-2-3-6-14(12)17(10-20,11-21)9-13-15(18)7-4-8-16(13)19/h2-8,20-21H,9-11H2,1H3. The molecule has 0 radical (unpaired) electrons. The number of halogens is 2. The molecule has 0 fully saturated rings. The fraction of sp³-hybridized carbons (Fsp3) is 0.294. The lowest BCUT2D eigenvalue weighted by Gasteiger charge is -2.32. The second-order valence-corrected chi connectivity index (χ2v) is 5.29. The molecule has 0 saturated carbocycles. The highest BCUT2D eigenvalue weighted by Gasteiger charge is 2.34. The highest BCUT2D eigenvalue weighted by atomic mass is 19.1. The van der Waals surface area contributed by atoms with Crippen LogP contribution in [0.3, 0.4) is 0 Å². The third-order valence-electron chi connectivity index (χ3n) is 3.90. The summed E-state index contributed by atoms with van der Waals surface area (Å²) >= 11 is 0. The Kier molecular flexibility index (Phi) is 4.70. The second-order valence-electron chi connectivity index (χ2n) is 5.29. The molecule has 0 atom stereocenters. The van der Waals surface area contributed by atoms with Crippen molar-refractivity contribution < 1.29 is 19.0 Å². The van der Waals surface area contributed by atoms with Crippen molar-refractivity contribution in [2.45, 2.75) is 18.8 Å². The Morgan fingerprint density at radius 2 is 1.48 bits per heavy atom. The van der Waals surface area contributed by atoms with Gasteiger partial charge in [-0.05, 0) is 36.6 Å². The third-order valence-corrected chi connectivity index (χ3v) is 3.90. The van der Waals surface area contributed by atoms with Crippen LogP contribution in [0.4, 0.5) is 8.78 Å². The molecule has 0 saturated heterocycles. The quantitative estimate of drug-likeness (QED) is 0.889. The van der Waals surface area contributed by atoms with Crippen LogP contribution in [-0.2, 0) is 11.8 Å². The monoisotopic (exact) mass is 292 g/mol. The number of aryl methyl sites for hydroxylation is 1. The number of rotatable bonds is 5. The van der Waals surface area contributed by atoms with Crippen LogP contribution in [0.15, 0.2) is 42.5 Å². The van der Waals surface area contributed by atoms with E-state index in [4.69, 9.17) is 0 Å². The van der Waals surface area contributed by atoms with Gasteiger partial charge in [0.2, 0.25) is 0 Å². The van der Waals surface area contributed by atoms with Gasteiger partial charge in [0.15, 0.2) is 0 Å². The molecule has 0 heterocycles. The Morgan fingerprint density at radius 3 is 2.00 bits per heavy atom. The van der Waals surface area contributed by atoms with Gasteiger partial charge >= 0.3 is 0 Å². The van der Waals surface area contributed by atoms with E-state index in [0.717, 1.165) is 5.56 Å². The maximum atomic E-state index is 13.9. The van der Waals surface area contributed by atoms with Gasteiger partial charge in [-0.1, -0.05) is 30.3 Å². The van der Waals surface area contributed by atoms with Crippen LogP contribution < -0.4 is 0 Å². The first-order valence-electron chi connectivity index (χ1n) is 6.75. The summed E-state index contributed by atoms with van der Waals surface area (Å²) in [5.74, 6) is -1.34. The predicted molar refractivity (Wildman–Crippen MR) is 77.1 cm³/mol. The third kappa shape index (κ3) is 2.96. The zero-order chi connectivity index (χ0) is 15.5. The zero-order valence-electron chi connectivity index (χ0n) is 11.8. The van der Waals surface area contributed by atoms with E-state index in [2.05, 4.69) is 0 Å². The number of aliphatic hydroxyl groups is 2. The minimum absolute atomic E-state index is 0.108. The Morgan fingerprint density at radius 1 is 0.905 bits per heavy atom. The van der Waals surface area contributed by atoms with Gasteiger partial charge in [0.1, 0.15) is 11.6 Å². The molecule has 0 amide bonds. The highest BCUT2D eigenvalue weighted by Crippen LogP contribution is 2.32. The van der Waals surface area contributed by atoms with Crippen molar-refractivity contribution in [2.75, 3.05) is 13.2 Å². The van der Waals surface area contributed by atoms with Crippen LogP contribution in [0.25, 0.3) is 0 Å². The van der Waals surface area contributed by atoms with Crippen molar-refractivity contribution in [1.82, 2.24) is 0 Å². The fourth-order valence-corrected chi connectivity index (χ4v) is 2.63. The van der Waals surface area contributed by atoms with Crippen molar-refractivity contribution in [3.63, 3.8) is 0 Å². The lowest BCUT2D eigenvalue weighted by atomic mass is 9.75. The van der Waals surface area contributed by atoms with Crippen LogP contribution in [-0.4, -0.2) is 23.4 Å². The summed E-state index contributed by atoms with van der Waals surface area (Å²) in [5.41, 5.74) is 0.313. The van der Waals surface area contributed by atoms with Gasteiger partial charge in [0.05, 0.1) is 13.2 Å². The van der Waals surface area contributed by atoms with Gasteiger partial charge in [0.25, 0.3) is 0 Å². The first kappa shape index (κ1) is 15.6. The average molecular weight is 292 g/mol. The van der Waals surface area contributed by atoms with Crippen molar-refractivity contribution >= 4 is 0 Å². The van der Waals surface area contributed by atoms with Crippen LogP contribution in [0.2, 0.25) is 0 Å². The summed E-state index contributed by atoms with van der Waals surface area (Å²) in [6, 6.07) is 10.9. The first-order valence-corrected chi connectivity index (χ1v) is 6.75. The van der Waals surface area contributed by atoms with Crippen molar-refractivity contribution in [1.29, 1.82) is 0 Å². The molecule has 2 aromatic rings. The molecule has 0 spiro atoms. The van der Waals surface area contributed by atoms with E-state index < -0.39 is 30.3 Å². The Labute approximate surface area is 122 Å². The molecule has 4 heteroatoms. The van der Waals surface area contributed by atoms with Crippen LogP contribution in [0.5, 0.6) is 0 Å². The number of hydrogen-bond donors (Lipinski definition) is 2. The molecule has 2 rings (SSSR count). The Balaban J connectivity index is 2.51. The van der Waals surface area contributed by atoms with Gasteiger partial charge in [-0.2, -0.15) is 0 Å². The lowest BCUT2D eigenvalue weighted by Crippen LogP contribution is -2.38. The highest BCUT2D eigenvalue weighted by molar-refractivity contribution is 5.36. The molecule has 0 aromatic heterocycles. The zero-order valence-corrected chi connectivity index (χ0v) is 11.8. The van der Waals surface area contributed by atoms with Gasteiger partial charge in [-0.3, -0.25) is 0 Å². The summed E-state index contributed by atoms with van der Waals surface area (Å²) in [6.45, 7) is 1.04. The summed E-state index contributed by atoms with van der Waals surface area (Å²) in [5, 5.41) is 19.6. The normalized spacial score (nSPS) is 11.7. The first-order chi connectivity index (χ1) is 10.0. The molecule has 2 N–H and O–H groups in total. The largest absolute Gasteiger partial charge is 0.395 e. The maximum absolute atomic E-state index is 13.9. The van der Waals surface area contributed by atoms with E-state index in [9.17, 15) is 19.0 Å². The minimum atomic E-state index is -1.12. The van der Waals surface area contributed by atoms with E-state index in [1.807, 2.05) is 19.1 Å². The molecule has 21 heavy (non-hydrogen) atoms. The molecular weight excluding hydrogens is 274 g/mol. The van der Waals surface area contributed by atoms with Crippen LogP contribution in [0.1, 0.15) is 16.7 Å². The van der Waals surface area contributed by atoms with E-state index in [-0.39, 0.29) is 12.0 Å². The van der Waals surface area contributed by atoms with E-state index in [1.54, 1.807) is 12.1 Å². The van der Waals surface area contributed by atoms with E-state index >= 15 is 0 Å². The van der Waals surface area contributed by atoms with Gasteiger partial charge in [-0.25, -0.2) is 8.78 Å². The second kappa shape index (κ2) is 6.33. The lowest BCUT2D eigenvalue weighted by molar-refractivity contribution is 0.114. The minimum Gasteiger partial charge on any atom is -0.395 e. The fourth-order valence-electron chi connectivity index (χ4n) is 2.63. The molecule has 0 aliphatic heterocycles. The summed E-state index contributed by atoms with van der Waals surface area (Å²) < 4.78 is 27.7. The molecule has 0 bridgehead atoms. The molecular formula is C17H18F2O2. The Bertz CT molecular complexity index is 602. The SMILES string of the molecule is Cc1ccccc1C(CO)(CO)Cc1c(F)cccc1F. The van der Waals surface area contributed by atoms with Crippen LogP contribution in [0, 0.1) is 18.6 Å². The van der Waals surface area contributed by atoms with Gasteiger partial charge in [0, 0.05) is 11.0 Å². The molecule has 112 valence electrons. The topological polar surface area (TPSA) is 40.5 Å². The molecule has 0 unspecified atom stereocenters. The van der Waals surface area contributed by atoms with Gasteiger partial charge in [-0.15, -0.1) is 0 Å². The smallest absolute Gasteiger partial charge is 0.129 e. The van der Waals surface area contributed by atoms with Crippen LogP contribution >= 0.6 is 0 Å². The van der Waals surface area contributed by atoms with Crippen molar-refractivity contribution in [3.8, 4) is 0 Å². The molecule has 0 aliphatic rings. The van der Waals surface area contributed by atoms with E-state index in [1.165, 1.54) is 18.2 Å². The number of benzene rings is 2. The molecule has 2 nitrogen and oxygen atoms in total. The van der Waals surface area contributed by atoms with Crippen molar-refractivity contribution in [2.24, 2.45) is 0 Å². The number of hydrogen-bond acceptors (Lipinski definition) is 2. The average Bonchev–Trinajstić information content (AvgIpc) is 2.49. The summed E-state index contributed by atoms with van der Waals surface area (Å²) in [6.07, 6.45) is -0.108. The van der Waals surface area contributed by atoms with E-state index in [0.29, 0.717) is 5.56 Å². The summed E-state index contributed by atoms with van der Waals surface area (Å²) in [7, 11) is 0. The summed E-state index contributed by atoms with van der Waals surface area (Å²) in [4.78, 5) is 0. The number of aliphatic hydroxyl groups excluding tert-OH is 2. The Hall–Kier alpha value is -1.78. The predicted octanol–water partition coefficient (Wildman–Crippen LogP) is 2.74. The van der Waals surface area contributed by atoms with Crippen molar-refractivity contribution in [3.05, 3.63) is 70.8 Å². The molecule has 0 aliphatic carbocycles.